The predicted molar refractivity (Wildman–Crippen MR) is 92.9 cm³/mol. The predicted octanol–water partition coefficient (Wildman–Crippen LogP) is 2.76. The maximum Gasteiger partial charge on any atom is 0.315 e. The topological polar surface area (TPSA) is 49.3 Å². The lowest BCUT2D eigenvalue weighted by molar-refractivity contribution is 0.237. The van der Waals surface area contributed by atoms with Crippen LogP contribution in [0.1, 0.15) is 12.1 Å². The molecule has 2 heterocycles. The molecule has 2 aromatic rings. The summed E-state index contributed by atoms with van der Waals surface area (Å²) in [6.07, 6.45) is 2.91. The number of hydrogen-bond acceptors (Lipinski definition) is 2. The molecule has 0 aliphatic carbocycles. The van der Waals surface area contributed by atoms with E-state index >= 15 is 0 Å². The van der Waals surface area contributed by atoms with Gasteiger partial charge in [-0.25, -0.2) is 4.79 Å². The molecule has 1 unspecified atom stereocenters. The molecule has 23 heavy (non-hydrogen) atoms. The zero-order chi connectivity index (χ0) is 16.2. The van der Waals surface area contributed by atoms with Crippen molar-refractivity contribution in [2.45, 2.75) is 19.0 Å². The third kappa shape index (κ3) is 3.99. The van der Waals surface area contributed by atoms with Crippen molar-refractivity contribution in [1.29, 1.82) is 0 Å². The van der Waals surface area contributed by atoms with Crippen LogP contribution in [0.3, 0.4) is 0 Å². The smallest absolute Gasteiger partial charge is 0.315 e. The first-order chi connectivity index (χ1) is 11.1. The lowest BCUT2D eigenvalue weighted by Gasteiger charge is -2.19. The molecule has 0 spiro atoms. The molecule has 1 aromatic heterocycles. The van der Waals surface area contributed by atoms with Gasteiger partial charge in [-0.15, -0.1) is 0 Å². The SMILES string of the molecule is Cn1cccc1CNC(=O)NC1CCN(c2ccc(Cl)cc2)C1. The van der Waals surface area contributed by atoms with Crippen LogP contribution in [0, 0.1) is 0 Å². The van der Waals surface area contributed by atoms with Crippen molar-refractivity contribution in [3.63, 3.8) is 0 Å². The second-order valence-electron chi connectivity index (χ2n) is 5.85. The number of aryl methyl sites for hydroxylation is 1. The third-order valence-electron chi connectivity index (χ3n) is 4.20. The molecule has 0 saturated carbocycles. The van der Waals surface area contributed by atoms with Gasteiger partial charge in [0.15, 0.2) is 0 Å². The quantitative estimate of drug-likeness (QED) is 0.904. The highest BCUT2D eigenvalue weighted by Crippen LogP contribution is 2.22. The molecule has 0 bridgehead atoms. The Morgan fingerprint density at radius 1 is 1.30 bits per heavy atom. The van der Waals surface area contributed by atoms with Crippen LogP contribution in [0.15, 0.2) is 42.6 Å². The number of halogens is 1. The Balaban J connectivity index is 1.47. The van der Waals surface area contributed by atoms with Crippen molar-refractivity contribution in [3.8, 4) is 0 Å². The molecule has 1 aliphatic rings. The van der Waals surface area contributed by atoms with Crippen molar-refractivity contribution in [2.24, 2.45) is 7.05 Å². The second kappa shape index (κ2) is 6.96. The summed E-state index contributed by atoms with van der Waals surface area (Å²) in [6, 6.07) is 11.8. The molecule has 2 N–H and O–H groups in total. The number of amides is 2. The molecular formula is C17H21ClN4O. The van der Waals surface area contributed by atoms with E-state index in [-0.39, 0.29) is 12.1 Å². The molecule has 5 nitrogen and oxygen atoms in total. The minimum Gasteiger partial charge on any atom is -0.369 e. The first-order valence-corrected chi connectivity index (χ1v) is 8.15. The zero-order valence-electron chi connectivity index (χ0n) is 13.1. The van der Waals surface area contributed by atoms with Crippen LogP contribution in [-0.4, -0.2) is 29.7 Å². The van der Waals surface area contributed by atoms with Crippen LogP contribution < -0.4 is 15.5 Å². The first kappa shape index (κ1) is 15.7. The fraction of sp³-hybridized carbons (Fsp3) is 0.353. The summed E-state index contributed by atoms with van der Waals surface area (Å²) in [5.74, 6) is 0. The Bertz CT molecular complexity index is 667. The standard InChI is InChI=1S/C17H21ClN4O/c1-21-9-2-3-16(21)11-19-17(23)20-14-8-10-22(12-14)15-6-4-13(18)5-7-15/h2-7,9,14H,8,10-12H2,1H3,(H2,19,20,23). The van der Waals surface area contributed by atoms with Gasteiger partial charge in [0.1, 0.15) is 0 Å². The summed E-state index contributed by atoms with van der Waals surface area (Å²) in [5.41, 5.74) is 2.22. The van der Waals surface area contributed by atoms with Gasteiger partial charge in [0, 0.05) is 48.8 Å². The molecule has 122 valence electrons. The Labute approximate surface area is 141 Å². The highest BCUT2D eigenvalue weighted by Gasteiger charge is 2.24. The van der Waals surface area contributed by atoms with Gasteiger partial charge in [0.25, 0.3) is 0 Å². The van der Waals surface area contributed by atoms with Gasteiger partial charge in [-0.1, -0.05) is 11.6 Å². The second-order valence-corrected chi connectivity index (χ2v) is 6.28. The summed E-state index contributed by atoms with van der Waals surface area (Å²) in [5, 5.41) is 6.69. The van der Waals surface area contributed by atoms with Gasteiger partial charge in [-0.05, 0) is 42.8 Å². The summed E-state index contributed by atoms with van der Waals surface area (Å²) in [6.45, 7) is 2.28. The molecule has 1 atom stereocenters. The average molecular weight is 333 g/mol. The minimum absolute atomic E-state index is 0.117. The molecule has 0 radical (unpaired) electrons. The van der Waals surface area contributed by atoms with E-state index in [4.69, 9.17) is 11.6 Å². The fourth-order valence-electron chi connectivity index (χ4n) is 2.85. The molecule has 6 heteroatoms. The van der Waals surface area contributed by atoms with E-state index in [1.54, 1.807) is 0 Å². The molecule has 1 saturated heterocycles. The lowest BCUT2D eigenvalue weighted by Crippen LogP contribution is -2.43. The van der Waals surface area contributed by atoms with Crippen molar-refractivity contribution < 1.29 is 4.79 Å². The summed E-state index contributed by atoms with van der Waals surface area (Å²) >= 11 is 5.92. The molecule has 3 rings (SSSR count). The number of carbonyl (C=O) groups excluding carboxylic acids is 1. The van der Waals surface area contributed by atoms with Crippen LogP contribution in [0.2, 0.25) is 5.02 Å². The van der Waals surface area contributed by atoms with Crippen molar-refractivity contribution in [2.75, 3.05) is 18.0 Å². The molecule has 1 aliphatic heterocycles. The van der Waals surface area contributed by atoms with Gasteiger partial charge in [-0.2, -0.15) is 0 Å². The number of carbonyl (C=O) groups is 1. The number of nitrogens with zero attached hydrogens (tertiary/aromatic N) is 2. The van der Waals surface area contributed by atoms with Gasteiger partial charge >= 0.3 is 6.03 Å². The summed E-state index contributed by atoms with van der Waals surface area (Å²) < 4.78 is 2.00. The van der Waals surface area contributed by atoms with Crippen LogP contribution in [0.5, 0.6) is 0 Å². The van der Waals surface area contributed by atoms with Gasteiger partial charge in [-0.3, -0.25) is 0 Å². The maximum absolute atomic E-state index is 12.0. The Kier molecular flexibility index (Phi) is 4.76. The lowest BCUT2D eigenvalue weighted by atomic mass is 10.3. The number of rotatable bonds is 4. The Morgan fingerprint density at radius 3 is 2.78 bits per heavy atom. The summed E-state index contributed by atoms with van der Waals surface area (Å²) in [4.78, 5) is 14.3. The number of anilines is 1. The maximum atomic E-state index is 12.0. The molecular weight excluding hydrogens is 312 g/mol. The van der Waals surface area contributed by atoms with Gasteiger partial charge in [0.2, 0.25) is 0 Å². The Hall–Kier alpha value is -2.14. The van der Waals surface area contributed by atoms with Crippen LogP contribution in [-0.2, 0) is 13.6 Å². The van der Waals surface area contributed by atoms with Gasteiger partial charge < -0.3 is 20.1 Å². The minimum atomic E-state index is -0.117. The summed E-state index contributed by atoms with van der Waals surface area (Å²) in [7, 11) is 1.97. The average Bonchev–Trinajstić information content (AvgIpc) is 3.15. The number of nitrogens with one attached hydrogen (secondary N) is 2. The van der Waals surface area contributed by atoms with Crippen molar-refractivity contribution >= 4 is 23.3 Å². The number of hydrogen-bond donors (Lipinski definition) is 2. The van der Waals surface area contributed by atoms with E-state index in [9.17, 15) is 4.79 Å². The highest BCUT2D eigenvalue weighted by molar-refractivity contribution is 6.30. The van der Waals surface area contributed by atoms with Crippen LogP contribution in [0.4, 0.5) is 10.5 Å². The van der Waals surface area contributed by atoms with Crippen molar-refractivity contribution in [3.05, 3.63) is 53.3 Å². The number of benzene rings is 1. The van der Waals surface area contributed by atoms with E-state index in [1.807, 2.05) is 54.2 Å². The van der Waals surface area contributed by atoms with Crippen LogP contribution >= 0.6 is 11.6 Å². The highest BCUT2D eigenvalue weighted by atomic mass is 35.5. The fourth-order valence-corrected chi connectivity index (χ4v) is 2.98. The number of aromatic nitrogens is 1. The van der Waals surface area contributed by atoms with Crippen molar-refractivity contribution in [1.82, 2.24) is 15.2 Å². The first-order valence-electron chi connectivity index (χ1n) is 7.77. The monoisotopic (exact) mass is 332 g/mol. The van der Waals surface area contributed by atoms with Gasteiger partial charge in [0.05, 0.1) is 6.54 Å². The van der Waals surface area contributed by atoms with E-state index in [0.717, 1.165) is 35.9 Å². The Morgan fingerprint density at radius 2 is 2.09 bits per heavy atom. The zero-order valence-corrected chi connectivity index (χ0v) is 13.9. The molecule has 1 aromatic carbocycles. The van der Waals surface area contributed by atoms with E-state index in [1.165, 1.54) is 0 Å². The van der Waals surface area contributed by atoms with E-state index in [2.05, 4.69) is 15.5 Å². The number of urea groups is 1. The van der Waals surface area contributed by atoms with E-state index < -0.39 is 0 Å². The normalized spacial score (nSPS) is 17.3. The largest absolute Gasteiger partial charge is 0.369 e. The molecule has 2 amide bonds. The van der Waals surface area contributed by atoms with E-state index in [0.29, 0.717) is 6.54 Å². The van der Waals surface area contributed by atoms with Crippen LogP contribution in [0.25, 0.3) is 0 Å². The molecule has 1 fully saturated rings. The third-order valence-corrected chi connectivity index (χ3v) is 4.45.